The van der Waals surface area contributed by atoms with Gasteiger partial charge in [-0.3, -0.25) is 4.68 Å². The quantitative estimate of drug-likeness (QED) is 0.756. The molecule has 142 valence electrons. The summed E-state index contributed by atoms with van der Waals surface area (Å²) in [4.78, 5) is 2.29. The second-order valence-electron chi connectivity index (χ2n) is 6.78. The molecule has 0 amide bonds. The first-order valence-corrected chi connectivity index (χ1v) is 10.4. The SMILES string of the molecule is CCc1ccc(C(CNS(=O)(=O)c2cnn3c2CNCC3)N(C)C)cc1. The number of rotatable bonds is 7. The second kappa shape index (κ2) is 7.87. The van der Waals surface area contributed by atoms with Gasteiger partial charge in [0.05, 0.1) is 18.4 Å². The lowest BCUT2D eigenvalue weighted by molar-refractivity contribution is 0.299. The number of aromatic nitrogens is 2. The topological polar surface area (TPSA) is 79.3 Å². The number of nitrogens with zero attached hydrogens (tertiary/aromatic N) is 3. The fourth-order valence-corrected chi connectivity index (χ4v) is 4.43. The molecule has 2 heterocycles. The van der Waals surface area contributed by atoms with E-state index >= 15 is 0 Å². The van der Waals surface area contributed by atoms with E-state index in [1.54, 1.807) is 4.68 Å². The molecule has 0 bridgehead atoms. The fourth-order valence-electron chi connectivity index (χ4n) is 3.22. The molecule has 0 spiro atoms. The van der Waals surface area contributed by atoms with Crippen molar-refractivity contribution in [3.8, 4) is 0 Å². The van der Waals surface area contributed by atoms with Crippen molar-refractivity contribution < 1.29 is 8.42 Å². The van der Waals surface area contributed by atoms with E-state index in [1.165, 1.54) is 11.8 Å². The van der Waals surface area contributed by atoms with Crippen LogP contribution in [-0.2, 0) is 29.5 Å². The summed E-state index contributed by atoms with van der Waals surface area (Å²) in [7, 11) is 0.306. The molecule has 1 unspecified atom stereocenters. The van der Waals surface area contributed by atoms with Gasteiger partial charge in [-0.25, -0.2) is 13.1 Å². The van der Waals surface area contributed by atoms with Gasteiger partial charge in [-0.2, -0.15) is 5.10 Å². The van der Waals surface area contributed by atoms with E-state index in [0.29, 0.717) is 19.6 Å². The maximum absolute atomic E-state index is 12.8. The standard InChI is InChI=1S/C18H27N5O2S/c1-4-14-5-7-15(8-6-14)16(22(2)3)12-21-26(24,25)18-13-20-23-10-9-19-11-17(18)23/h5-8,13,16,19,21H,4,9-12H2,1-3H3. The number of nitrogens with one attached hydrogen (secondary N) is 2. The van der Waals surface area contributed by atoms with E-state index in [2.05, 4.69) is 46.3 Å². The van der Waals surface area contributed by atoms with Crippen molar-refractivity contribution >= 4 is 10.0 Å². The number of hydrogen-bond acceptors (Lipinski definition) is 5. The van der Waals surface area contributed by atoms with Crippen LogP contribution >= 0.6 is 0 Å². The van der Waals surface area contributed by atoms with Crippen LogP contribution in [0, 0.1) is 0 Å². The lowest BCUT2D eigenvalue weighted by atomic mass is 10.0. The predicted octanol–water partition coefficient (Wildman–Crippen LogP) is 1.13. The van der Waals surface area contributed by atoms with Crippen LogP contribution in [0.5, 0.6) is 0 Å². The molecule has 1 aliphatic rings. The first kappa shape index (κ1) is 19.0. The van der Waals surface area contributed by atoms with Gasteiger partial charge in [0.2, 0.25) is 10.0 Å². The van der Waals surface area contributed by atoms with E-state index < -0.39 is 10.0 Å². The van der Waals surface area contributed by atoms with Crippen LogP contribution in [-0.4, -0.2) is 50.3 Å². The summed E-state index contributed by atoms with van der Waals surface area (Å²) in [5.74, 6) is 0. The Hall–Kier alpha value is -1.74. The summed E-state index contributed by atoms with van der Waals surface area (Å²) in [6, 6.07) is 8.30. The van der Waals surface area contributed by atoms with Gasteiger partial charge in [-0.1, -0.05) is 31.2 Å². The molecule has 1 aliphatic heterocycles. The van der Waals surface area contributed by atoms with Crippen molar-refractivity contribution in [1.29, 1.82) is 0 Å². The van der Waals surface area contributed by atoms with Gasteiger partial charge in [0.25, 0.3) is 0 Å². The summed E-state index contributed by atoms with van der Waals surface area (Å²) in [5.41, 5.74) is 3.08. The largest absolute Gasteiger partial charge is 0.309 e. The number of fused-ring (bicyclic) bond motifs is 1. The zero-order valence-corrected chi connectivity index (χ0v) is 16.4. The Morgan fingerprint density at radius 2 is 2.04 bits per heavy atom. The predicted molar refractivity (Wildman–Crippen MR) is 101 cm³/mol. The Balaban J connectivity index is 1.77. The molecule has 1 aromatic carbocycles. The van der Waals surface area contributed by atoms with Crippen LogP contribution in [0.1, 0.15) is 29.8 Å². The number of hydrogen-bond donors (Lipinski definition) is 2. The molecular formula is C18H27N5O2S. The van der Waals surface area contributed by atoms with Crippen LogP contribution in [0.3, 0.4) is 0 Å². The molecule has 0 saturated heterocycles. The average molecular weight is 378 g/mol. The molecule has 0 aliphatic carbocycles. The Kier molecular flexibility index (Phi) is 5.76. The van der Waals surface area contributed by atoms with Crippen molar-refractivity contribution in [3.63, 3.8) is 0 Å². The first-order valence-electron chi connectivity index (χ1n) is 8.92. The molecule has 8 heteroatoms. The molecule has 3 rings (SSSR count). The van der Waals surface area contributed by atoms with Crippen LogP contribution in [0.2, 0.25) is 0 Å². The van der Waals surface area contributed by atoms with Gasteiger partial charge in [0.1, 0.15) is 4.90 Å². The van der Waals surface area contributed by atoms with E-state index in [9.17, 15) is 8.42 Å². The second-order valence-corrected chi connectivity index (χ2v) is 8.52. The molecule has 0 saturated carbocycles. The average Bonchev–Trinajstić information content (AvgIpc) is 3.07. The Bertz CT molecular complexity index is 843. The van der Waals surface area contributed by atoms with Gasteiger partial charge in [0.15, 0.2) is 0 Å². The summed E-state index contributed by atoms with van der Waals surface area (Å²) in [6.45, 7) is 4.44. The van der Waals surface area contributed by atoms with Crippen molar-refractivity contribution in [3.05, 3.63) is 47.3 Å². The Morgan fingerprint density at radius 1 is 1.31 bits per heavy atom. The maximum Gasteiger partial charge on any atom is 0.244 e. The Morgan fingerprint density at radius 3 is 2.69 bits per heavy atom. The molecule has 26 heavy (non-hydrogen) atoms. The van der Waals surface area contributed by atoms with Gasteiger partial charge in [-0.15, -0.1) is 0 Å². The fraction of sp³-hybridized carbons (Fsp3) is 0.500. The van der Waals surface area contributed by atoms with Crippen molar-refractivity contribution in [2.75, 3.05) is 27.2 Å². The monoisotopic (exact) mass is 377 g/mol. The van der Waals surface area contributed by atoms with Crippen LogP contribution in [0.15, 0.2) is 35.4 Å². The normalized spacial score (nSPS) is 15.8. The summed E-state index contributed by atoms with van der Waals surface area (Å²) in [5, 5.41) is 7.41. The van der Waals surface area contributed by atoms with E-state index in [1.807, 2.05) is 19.0 Å². The lowest BCUT2D eigenvalue weighted by Gasteiger charge is -2.25. The first-order chi connectivity index (χ1) is 12.4. The van der Waals surface area contributed by atoms with E-state index in [-0.39, 0.29) is 10.9 Å². The maximum atomic E-state index is 12.8. The van der Waals surface area contributed by atoms with Crippen molar-refractivity contribution in [2.45, 2.75) is 37.4 Å². The highest BCUT2D eigenvalue weighted by Gasteiger charge is 2.26. The molecular weight excluding hydrogens is 350 g/mol. The minimum absolute atomic E-state index is 0.0415. The summed E-state index contributed by atoms with van der Waals surface area (Å²) < 4.78 is 30.2. The molecule has 2 aromatic rings. The lowest BCUT2D eigenvalue weighted by Crippen LogP contribution is -2.36. The zero-order chi connectivity index (χ0) is 18.7. The molecule has 0 radical (unpaired) electrons. The Labute approximate surface area is 155 Å². The molecule has 0 fully saturated rings. The van der Waals surface area contributed by atoms with Gasteiger partial charge in [0, 0.05) is 25.7 Å². The van der Waals surface area contributed by atoms with Crippen LogP contribution in [0.4, 0.5) is 0 Å². The molecule has 1 aromatic heterocycles. The zero-order valence-electron chi connectivity index (χ0n) is 15.6. The third kappa shape index (κ3) is 3.98. The highest BCUT2D eigenvalue weighted by molar-refractivity contribution is 7.89. The van der Waals surface area contributed by atoms with Gasteiger partial charge >= 0.3 is 0 Å². The van der Waals surface area contributed by atoms with Crippen LogP contribution in [0.25, 0.3) is 0 Å². The number of aryl methyl sites for hydroxylation is 1. The molecule has 2 N–H and O–H groups in total. The third-order valence-electron chi connectivity index (χ3n) is 4.86. The van der Waals surface area contributed by atoms with Crippen molar-refractivity contribution in [1.82, 2.24) is 24.7 Å². The number of benzene rings is 1. The highest BCUT2D eigenvalue weighted by atomic mass is 32.2. The molecule has 1 atom stereocenters. The van der Waals surface area contributed by atoms with Crippen molar-refractivity contribution in [2.24, 2.45) is 0 Å². The van der Waals surface area contributed by atoms with Crippen LogP contribution < -0.4 is 10.0 Å². The summed E-state index contributed by atoms with van der Waals surface area (Å²) in [6.07, 6.45) is 2.44. The van der Waals surface area contributed by atoms with E-state index in [4.69, 9.17) is 0 Å². The highest BCUT2D eigenvalue weighted by Crippen LogP contribution is 2.21. The molecule has 7 nitrogen and oxygen atoms in total. The number of likely N-dealkylation sites (N-methyl/N-ethyl adjacent to an activating group) is 1. The minimum Gasteiger partial charge on any atom is -0.309 e. The van der Waals surface area contributed by atoms with E-state index in [0.717, 1.165) is 24.2 Å². The third-order valence-corrected chi connectivity index (χ3v) is 6.32. The minimum atomic E-state index is -3.61. The van der Waals surface area contributed by atoms with Gasteiger partial charge < -0.3 is 10.2 Å². The van der Waals surface area contributed by atoms with Gasteiger partial charge in [-0.05, 0) is 31.6 Å². The number of sulfonamides is 1. The summed E-state index contributed by atoms with van der Waals surface area (Å²) >= 11 is 0. The smallest absolute Gasteiger partial charge is 0.244 e.